The lowest BCUT2D eigenvalue weighted by Gasteiger charge is -2.25. The van der Waals surface area contributed by atoms with E-state index in [-0.39, 0.29) is 63.2 Å². The number of hydrogen-bond acceptors (Lipinski definition) is 27. The van der Waals surface area contributed by atoms with Gasteiger partial charge in [-0.25, -0.2) is 4.79 Å². The topological polar surface area (TPSA) is 705 Å². The third-order valence-electron chi connectivity index (χ3n) is 14.6. The minimum Gasteiger partial charge on any atom is -0.481 e. The van der Waals surface area contributed by atoms with Crippen molar-refractivity contribution in [1.82, 2.24) is 85.1 Å². The molecule has 43 nitrogen and oxygen atoms in total. The maximum absolute atomic E-state index is 13.7. The summed E-state index contributed by atoms with van der Waals surface area (Å²) in [5.74, 6) is -19.8. The van der Waals surface area contributed by atoms with Crippen molar-refractivity contribution in [3.05, 3.63) is 0 Å². The van der Waals surface area contributed by atoms with E-state index in [1.54, 1.807) is 0 Å². The second-order valence-electron chi connectivity index (χ2n) is 23.4. The summed E-state index contributed by atoms with van der Waals surface area (Å²) in [6, 6.07) is -17.1. The fourth-order valence-corrected chi connectivity index (χ4v) is 11.1. The number of rotatable bonds is 19. The fourth-order valence-electron chi connectivity index (χ4n) is 8.80. The van der Waals surface area contributed by atoms with Crippen LogP contribution in [-0.4, -0.2) is 288 Å². The third kappa shape index (κ3) is 38.1. The van der Waals surface area contributed by atoms with Gasteiger partial charge in [-0.2, -0.15) is 0 Å². The highest BCUT2D eigenvalue weighted by molar-refractivity contribution is 8.76. The quantitative estimate of drug-likeness (QED) is 0.0422. The van der Waals surface area contributed by atoms with Crippen LogP contribution in [0.2, 0.25) is 0 Å². The molecule has 0 aromatic heterocycles. The number of aliphatic hydroxyl groups excluding tert-OH is 3. The first-order valence-electron chi connectivity index (χ1n) is 32.7. The van der Waals surface area contributed by atoms with Crippen molar-refractivity contribution < 1.29 is 112 Å². The van der Waals surface area contributed by atoms with Crippen LogP contribution >= 0.6 is 21.6 Å². The number of amides is 16. The van der Waals surface area contributed by atoms with E-state index in [1.165, 1.54) is 6.92 Å². The van der Waals surface area contributed by atoms with Gasteiger partial charge in [0.15, 0.2) is 0 Å². The summed E-state index contributed by atoms with van der Waals surface area (Å²) in [6.45, 7) is -1.03. The SMILES string of the molecule is CC(O)[C@@H]1NC(=O)CNC(=O)[C@H](CO)NC(=O)[C@H](C)NC(=O)[C@H](CCCCN)NC(=O)CNC(=O)[C@@H](N)CSSC[C@@H](C(=O)O)NC(=O)CNC(=O)CNC(=O)[C@H](C(C)O)NC(=O)[C@H](C)NC(=O)[C@H](CCC(=O)O)NC(=O)CNC(=O)[C@H](CCCCN)NC(=O)CNC(=O)[C@H](CCCCN)NC1=O. The van der Waals surface area contributed by atoms with Crippen LogP contribution in [0.5, 0.6) is 0 Å². The van der Waals surface area contributed by atoms with Crippen LogP contribution in [0.4, 0.5) is 0 Å². The molecule has 0 bridgehead atoms. The van der Waals surface area contributed by atoms with E-state index in [0.29, 0.717) is 25.7 Å². The van der Waals surface area contributed by atoms with Crippen molar-refractivity contribution in [2.75, 3.05) is 77.0 Å². The van der Waals surface area contributed by atoms with Crippen LogP contribution in [-0.2, 0) is 86.3 Å². The summed E-state index contributed by atoms with van der Waals surface area (Å²) in [5.41, 5.74) is 22.9. The van der Waals surface area contributed by atoms with E-state index < -0.39 is 244 Å². The number of hydrogen-bond donors (Lipinski definition) is 25. The number of nitrogens with one attached hydrogen (secondary N) is 16. The standard InChI is InChI=1S/C58H100N20O23S2/c1-28-48(90)76-37(25-79)53(95)67-24-44(87)77-47(31(4)81)57(99)75-34(12-6-9-17-60)52(94)66-22-42(85)71-33(11-5-8-16-59)51(93)65-23-43(86)73-36(14-15-45(88)89)55(97)70-29(2)49(91)78-46(30(3)80)56(98)68-19-39(82)63-20-40(83)74-38(58(100)101)27-103-102-26-32(62)50(92)64-21-41(84)72-35(54(96)69-28)13-7-10-18-61/h28-38,46-47,79-81H,5-27,59-62H2,1-4H3,(H,63,82)(H,64,92)(H,65,93)(H,66,94)(H,67,95)(H,68,98)(H,69,96)(H,70,97)(H,71,85)(H,72,84)(H,73,86)(H,74,83)(H,75,99)(H,76,90)(H,77,87)(H,78,91)(H,88,89)(H,100,101)/t28-,29-,30?,31?,32-,33-,34-,35-,36-,37-,38-,46-,47-/m0/s1. The zero-order chi connectivity index (χ0) is 77.9. The second kappa shape index (κ2) is 50.3. The maximum atomic E-state index is 13.7. The Labute approximate surface area is 599 Å². The van der Waals surface area contributed by atoms with Crippen molar-refractivity contribution in [3.8, 4) is 0 Å². The third-order valence-corrected chi connectivity index (χ3v) is 17.1. The van der Waals surface area contributed by atoms with Crippen LogP contribution in [0.25, 0.3) is 0 Å². The van der Waals surface area contributed by atoms with E-state index in [1.807, 2.05) is 0 Å². The number of carbonyl (C=O) groups excluding carboxylic acids is 16. The van der Waals surface area contributed by atoms with Crippen LogP contribution in [0, 0.1) is 0 Å². The lowest BCUT2D eigenvalue weighted by molar-refractivity contribution is -0.141. The van der Waals surface area contributed by atoms with Gasteiger partial charge in [-0.3, -0.25) is 81.5 Å². The normalized spacial score (nSPS) is 25.8. The van der Waals surface area contributed by atoms with Crippen LogP contribution < -0.4 is 108 Å². The molecule has 0 spiro atoms. The Morgan fingerprint density at radius 2 is 0.748 bits per heavy atom. The zero-order valence-electron chi connectivity index (χ0n) is 57.5. The zero-order valence-corrected chi connectivity index (χ0v) is 59.1. The molecule has 0 aliphatic carbocycles. The molecule has 29 N–H and O–H groups in total. The Morgan fingerprint density at radius 3 is 1.18 bits per heavy atom. The summed E-state index contributed by atoms with van der Waals surface area (Å²) >= 11 is 0. The Hall–Kier alpha value is -9.12. The molecule has 45 heteroatoms. The number of aliphatic hydroxyl groups is 3. The average Bonchev–Trinajstić information content (AvgIpc) is 0.901. The van der Waals surface area contributed by atoms with Gasteiger partial charge in [0.1, 0.15) is 60.4 Å². The lowest BCUT2D eigenvalue weighted by Crippen LogP contribution is -2.59. The first kappa shape index (κ1) is 91.9. The van der Waals surface area contributed by atoms with Crippen LogP contribution in [0.1, 0.15) is 98.3 Å². The van der Waals surface area contributed by atoms with Gasteiger partial charge in [-0.05, 0) is 112 Å². The van der Waals surface area contributed by atoms with Crippen molar-refractivity contribution >= 4 is 128 Å². The molecule has 16 amide bonds. The Balaban J connectivity index is 3.55. The summed E-state index contributed by atoms with van der Waals surface area (Å²) < 4.78 is 0. The van der Waals surface area contributed by atoms with E-state index in [4.69, 9.17) is 22.9 Å². The minimum absolute atomic E-state index is 0.0158. The molecule has 1 aliphatic heterocycles. The molecule has 1 heterocycles. The molecular formula is C58H100N20O23S2. The number of unbranched alkanes of at least 4 members (excludes halogenated alkanes) is 3. The van der Waals surface area contributed by atoms with E-state index in [9.17, 15) is 112 Å². The monoisotopic (exact) mass is 1510 g/mol. The Bertz CT molecular complexity index is 2920. The maximum Gasteiger partial charge on any atom is 0.327 e. The molecule has 13 atom stereocenters. The molecule has 0 aromatic carbocycles. The average molecular weight is 1510 g/mol. The number of carboxylic acids is 2. The number of nitrogens with two attached hydrogens (primary N) is 4. The number of carboxylic acid groups (broad SMARTS) is 2. The molecule has 582 valence electrons. The minimum atomic E-state index is -1.80. The van der Waals surface area contributed by atoms with Crippen LogP contribution in [0.15, 0.2) is 0 Å². The summed E-state index contributed by atoms with van der Waals surface area (Å²) in [4.78, 5) is 235. The van der Waals surface area contributed by atoms with Crippen molar-refractivity contribution in [3.63, 3.8) is 0 Å². The molecule has 0 aromatic rings. The summed E-state index contributed by atoms with van der Waals surface area (Å²) in [5, 5.41) is 86.4. The summed E-state index contributed by atoms with van der Waals surface area (Å²) in [6.07, 6.45) is -2.94. The van der Waals surface area contributed by atoms with E-state index >= 15 is 0 Å². The van der Waals surface area contributed by atoms with Crippen LogP contribution in [0.3, 0.4) is 0 Å². The van der Waals surface area contributed by atoms with Gasteiger partial charge in [0.05, 0.1) is 64.1 Å². The number of aliphatic carboxylic acids is 2. The van der Waals surface area contributed by atoms with Crippen molar-refractivity contribution in [1.29, 1.82) is 0 Å². The molecule has 2 unspecified atom stereocenters. The molecule has 0 radical (unpaired) electrons. The van der Waals surface area contributed by atoms with Crippen molar-refractivity contribution in [2.24, 2.45) is 22.9 Å². The van der Waals surface area contributed by atoms with Gasteiger partial charge >= 0.3 is 11.9 Å². The lowest BCUT2D eigenvalue weighted by atomic mass is 10.1. The fraction of sp³-hybridized carbons (Fsp3) is 0.690. The molecule has 1 fully saturated rings. The van der Waals surface area contributed by atoms with Gasteiger partial charge in [-0.1, -0.05) is 21.6 Å². The molecule has 1 saturated heterocycles. The predicted octanol–water partition coefficient (Wildman–Crippen LogP) is -12.6. The van der Waals surface area contributed by atoms with E-state index in [2.05, 4.69) is 85.1 Å². The highest BCUT2D eigenvalue weighted by Gasteiger charge is 2.35. The van der Waals surface area contributed by atoms with Gasteiger partial charge in [0.25, 0.3) is 0 Å². The summed E-state index contributed by atoms with van der Waals surface area (Å²) in [7, 11) is 1.78. The van der Waals surface area contributed by atoms with Gasteiger partial charge in [0, 0.05) is 17.9 Å². The largest absolute Gasteiger partial charge is 0.481 e. The van der Waals surface area contributed by atoms with E-state index in [0.717, 1.165) is 42.4 Å². The van der Waals surface area contributed by atoms with Gasteiger partial charge < -0.3 is 134 Å². The van der Waals surface area contributed by atoms with Gasteiger partial charge in [-0.15, -0.1) is 0 Å². The first-order chi connectivity index (χ1) is 48.6. The molecule has 0 saturated carbocycles. The number of carbonyl (C=O) groups is 18. The molecule has 1 rings (SSSR count). The smallest absolute Gasteiger partial charge is 0.327 e. The second-order valence-corrected chi connectivity index (χ2v) is 26.0. The Morgan fingerprint density at radius 1 is 0.398 bits per heavy atom. The Kier molecular flexibility index (Phi) is 44.9. The first-order valence-corrected chi connectivity index (χ1v) is 35.2. The van der Waals surface area contributed by atoms with Crippen molar-refractivity contribution in [2.45, 2.75) is 177 Å². The molecule has 1 aliphatic rings. The highest BCUT2D eigenvalue weighted by Crippen LogP contribution is 2.23. The van der Waals surface area contributed by atoms with Gasteiger partial charge in [0.2, 0.25) is 94.5 Å². The molecule has 103 heavy (non-hydrogen) atoms. The predicted molar refractivity (Wildman–Crippen MR) is 365 cm³/mol. The molecular weight excluding hydrogens is 1410 g/mol. The highest BCUT2D eigenvalue weighted by atomic mass is 33.1.